The molecule has 10 heteroatoms. The maximum atomic E-state index is 12.4. The highest BCUT2D eigenvalue weighted by molar-refractivity contribution is 5.73. The van der Waals surface area contributed by atoms with Crippen LogP contribution in [-0.2, 0) is 9.47 Å². The van der Waals surface area contributed by atoms with Gasteiger partial charge in [0.2, 0.25) is 5.95 Å². The van der Waals surface area contributed by atoms with Gasteiger partial charge in [0, 0.05) is 83.3 Å². The molecule has 2 unspecified atom stereocenters. The van der Waals surface area contributed by atoms with Gasteiger partial charge < -0.3 is 25.0 Å². The summed E-state index contributed by atoms with van der Waals surface area (Å²) >= 11 is 0. The molecule has 4 heterocycles. The molecule has 3 aliphatic rings. The highest BCUT2D eigenvalue weighted by Gasteiger charge is 2.31. The van der Waals surface area contributed by atoms with E-state index in [9.17, 15) is 4.79 Å². The van der Waals surface area contributed by atoms with Crippen LogP contribution >= 0.6 is 0 Å². The summed E-state index contributed by atoms with van der Waals surface area (Å²) < 4.78 is 11.1. The molecule has 0 saturated carbocycles. The highest BCUT2D eigenvalue weighted by Crippen LogP contribution is 2.21. The second kappa shape index (κ2) is 12.3. The summed E-state index contributed by atoms with van der Waals surface area (Å²) in [6.07, 6.45) is 5.58. The van der Waals surface area contributed by atoms with Gasteiger partial charge in [-0.05, 0) is 25.5 Å². The van der Waals surface area contributed by atoms with Gasteiger partial charge in [0.25, 0.3) is 0 Å². The van der Waals surface area contributed by atoms with Crippen molar-refractivity contribution in [2.75, 3.05) is 90.2 Å². The van der Waals surface area contributed by atoms with Gasteiger partial charge in [-0.25, -0.2) is 14.8 Å². The predicted molar refractivity (Wildman–Crippen MR) is 122 cm³/mol. The second-order valence-electron chi connectivity index (χ2n) is 8.71. The first-order valence-corrected chi connectivity index (χ1v) is 11.9. The lowest BCUT2D eigenvalue weighted by Crippen LogP contribution is -2.53. The number of aromatic nitrogens is 2. The summed E-state index contributed by atoms with van der Waals surface area (Å²) in [5, 5.41) is 6.12. The van der Waals surface area contributed by atoms with E-state index in [0.717, 1.165) is 91.0 Å². The molecule has 2 atom stereocenters. The van der Waals surface area contributed by atoms with Crippen molar-refractivity contribution in [3.05, 3.63) is 18.5 Å². The van der Waals surface area contributed by atoms with Crippen LogP contribution in [0.25, 0.3) is 0 Å². The number of amides is 2. The third kappa shape index (κ3) is 6.74. The van der Waals surface area contributed by atoms with E-state index in [2.05, 4.69) is 35.3 Å². The van der Waals surface area contributed by atoms with E-state index in [1.54, 1.807) is 12.4 Å². The van der Waals surface area contributed by atoms with Crippen molar-refractivity contribution in [3.63, 3.8) is 0 Å². The topological polar surface area (TPSA) is 95.1 Å². The lowest BCUT2D eigenvalue weighted by atomic mass is 9.97. The SMILES string of the molecule is O=C(NCCCN1CCN(c2ncccn2)CC1)NCC(C1CCOC1)N1CCOCC1. The number of anilines is 1. The Hall–Kier alpha value is -2.01. The van der Waals surface area contributed by atoms with Gasteiger partial charge >= 0.3 is 6.03 Å². The molecular weight excluding hydrogens is 410 g/mol. The Labute approximate surface area is 190 Å². The predicted octanol–water partition coefficient (Wildman–Crippen LogP) is 0.0252. The molecule has 4 rings (SSSR count). The first kappa shape index (κ1) is 23.2. The van der Waals surface area contributed by atoms with E-state index in [4.69, 9.17) is 9.47 Å². The summed E-state index contributed by atoms with van der Waals surface area (Å²) in [6, 6.07) is 2.08. The van der Waals surface area contributed by atoms with Gasteiger partial charge in [-0.15, -0.1) is 0 Å². The van der Waals surface area contributed by atoms with Gasteiger partial charge in [0.15, 0.2) is 0 Å². The monoisotopic (exact) mass is 447 g/mol. The number of rotatable bonds is 9. The Bertz CT molecular complexity index is 675. The quantitative estimate of drug-likeness (QED) is 0.512. The van der Waals surface area contributed by atoms with Crippen molar-refractivity contribution in [1.82, 2.24) is 30.4 Å². The second-order valence-corrected chi connectivity index (χ2v) is 8.71. The lowest BCUT2D eigenvalue weighted by Gasteiger charge is -2.37. The molecule has 3 aliphatic heterocycles. The molecule has 1 aromatic rings. The zero-order valence-electron chi connectivity index (χ0n) is 19.0. The van der Waals surface area contributed by atoms with Crippen LogP contribution < -0.4 is 15.5 Å². The molecule has 10 nitrogen and oxygen atoms in total. The summed E-state index contributed by atoms with van der Waals surface area (Å²) in [5.74, 6) is 1.29. The summed E-state index contributed by atoms with van der Waals surface area (Å²) in [5.41, 5.74) is 0. The summed E-state index contributed by atoms with van der Waals surface area (Å²) in [6.45, 7) is 11.2. The molecule has 0 spiro atoms. The van der Waals surface area contributed by atoms with Crippen LogP contribution in [0.3, 0.4) is 0 Å². The fourth-order valence-corrected chi connectivity index (χ4v) is 4.75. The number of piperazine rings is 1. The minimum absolute atomic E-state index is 0.0757. The first-order chi connectivity index (χ1) is 15.8. The lowest BCUT2D eigenvalue weighted by molar-refractivity contribution is 0.00212. The molecule has 178 valence electrons. The number of urea groups is 1. The van der Waals surface area contributed by atoms with Crippen LogP contribution in [0.4, 0.5) is 10.7 Å². The Kier molecular flexibility index (Phi) is 8.89. The van der Waals surface area contributed by atoms with E-state index in [1.807, 2.05) is 6.07 Å². The van der Waals surface area contributed by atoms with Gasteiger partial charge in [-0.2, -0.15) is 0 Å². The average Bonchev–Trinajstić information content (AvgIpc) is 3.38. The van der Waals surface area contributed by atoms with Crippen molar-refractivity contribution >= 4 is 12.0 Å². The minimum Gasteiger partial charge on any atom is -0.381 e. The number of carbonyl (C=O) groups excluding carboxylic acids is 1. The third-order valence-corrected chi connectivity index (χ3v) is 6.64. The smallest absolute Gasteiger partial charge is 0.314 e. The van der Waals surface area contributed by atoms with Crippen LogP contribution in [0.2, 0.25) is 0 Å². The first-order valence-electron chi connectivity index (χ1n) is 11.9. The molecule has 0 bridgehead atoms. The number of hydrogen-bond acceptors (Lipinski definition) is 8. The number of nitrogens with zero attached hydrogens (tertiary/aromatic N) is 5. The summed E-state index contributed by atoms with van der Waals surface area (Å²) in [4.78, 5) is 28.1. The molecule has 0 aliphatic carbocycles. The molecule has 2 N–H and O–H groups in total. The van der Waals surface area contributed by atoms with E-state index in [0.29, 0.717) is 25.0 Å². The van der Waals surface area contributed by atoms with Crippen LogP contribution in [0, 0.1) is 5.92 Å². The zero-order valence-corrected chi connectivity index (χ0v) is 19.0. The molecule has 3 fully saturated rings. The van der Waals surface area contributed by atoms with Gasteiger partial charge in [-0.1, -0.05) is 0 Å². The van der Waals surface area contributed by atoms with Crippen molar-refractivity contribution < 1.29 is 14.3 Å². The molecule has 3 saturated heterocycles. The fourth-order valence-electron chi connectivity index (χ4n) is 4.75. The van der Waals surface area contributed by atoms with Gasteiger partial charge in [0.05, 0.1) is 19.8 Å². The van der Waals surface area contributed by atoms with E-state index in [-0.39, 0.29) is 6.03 Å². The van der Waals surface area contributed by atoms with E-state index >= 15 is 0 Å². The van der Waals surface area contributed by atoms with Crippen molar-refractivity contribution in [2.45, 2.75) is 18.9 Å². The standard InChI is InChI=1S/C22H37N7O3/c30-22(26-17-20(19-3-14-32-18-19)28-12-15-31-16-13-28)25-6-2-7-27-8-10-29(11-9-27)21-23-4-1-5-24-21/h1,4-5,19-20H,2-3,6-18H2,(H2,25,26,30). The molecule has 2 amide bonds. The largest absolute Gasteiger partial charge is 0.381 e. The van der Waals surface area contributed by atoms with Gasteiger partial charge in [-0.3, -0.25) is 9.80 Å². The maximum Gasteiger partial charge on any atom is 0.314 e. The number of ether oxygens (including phenoxy) is 2. The Morgan fingerprint density at radius 2 is 1.81 bits per heavy atom. The summed E-state index contributed by atoms with van der Waals surface area (Å²) in [7, 11) is 0. The normalized spacial score (nSPS) is 23.8. The fraction of sp³-hybridized carbons (Fsp3) is 0.773. The third-order valence-electron chi connectivity index (χ3n) is 6.64. The van der Waals surface area contributed by atoms with E-state index in [1.165, 1.54) is 0 Å². The highest BCUT2D eigenvalue weighted by atomic mass is 16.5. The number of morpholine rings is 1. The average molecular weight is 448 g/mol. The number of carbonyl (C=O) groups is 1. The Morgan fingerprint density at radius 3 is 2.53 bits per heavy atom. The molecule has 0 radical (unpaired) electrons. The molecule has 32 heavy (non-hydrogen) atoms. The van der Waals surface area contributed by atoms with Crippen LogP contribution in [0.1, 0.15) is 12.8 Å². The van der Waals surface area contributed by atoms with Gasteiger partial charge in [0.1, 0.15) is 0 Å². The van der Waals surface area contributed by atoms with Crippen molar-refractivity contribution in [3.8, 4) is 0 Å². The van der Waals surface area contributed by atoms with Crippen molar-refractivity contribution in [2.24, 2.45) is 5.92 Å². The molecular formula is C22H37N7O3. The minimum atomic E-state index is -0.0757. The Balaban J connectivity index is 1.10. The number of nitrogens with one attached hydrogen (secondary N) is 2. The van der Waals surface area contributed by atoms with Crippen LogP contribution in [-0.4, -0.2) is 117 Å². The van der Waals surface area contributed by atoms with E-state index < -0.39 is 0 Å². The van der Waals surface area contributed by atoms with Crippen LogP contribution in [0.5, 0.6) is 0 Å². The van der Waals surface area contributed by atoms with Crippen molar-refractivity contribution in [1.29, 1.82) is 0 Å². The van der Waals surface area contributed by atoms with Crippen LogP contribution in [0.15, 0.2) is 18.5 Å². The maximum absolute atomic E-state index is 12.4. The Morgan fingerprint density at radius 1 is 1.03 bits per heavy atom. The molecule has 0 aromatic carbocycles. The molecule has 1 aromatic heterocycles. The number of hydrogen-bond donors (Lipinski definition) is 2. The zero-order chi connectivity index (χ0) is 22.0.